The number of rotatable bonds is 2. The van der Waals surface area contributed by atoms with Crippen molar-refractivity contribution < 1.29 is 4.39 Å². The molecule has 2 nitrogen and oxygen atoms in total. The number of nitrogens with zero attached hydrogens (tertiary/aromatic N) is 2. The first-order valence-corrected chi connectivity index (χ1v) is 8.21. The van der Waals surface area contributed by atoms with Gasteiger partial charge >= 0.3 is 0 Å². The van der Waals surface area contributed by atoms with Crippen molar-refractivity contribution in [2.75, 3.05) is 18.0 Å². The molecule has 1 aliphatic heterocycles. The first-order valence-electron chi connectivity index (χ1n) is 8.21. The van der Waals surface area contributed by atoms with Crippen LogP contribution < -0.4 is 4.90 Å². The quantitative estimate of drug-likeness (QED) is 0.660. The van der Waals surface area contributed by atoms with Crippen LogP contribution in [0, 0.1) is 5.82 Å². The molecule has 1 aromatic heterocycles. The molecule has 4 rings (SSSR count). The van der Waals surface area contributed by atoms with E-state index in [-0.39, 0.29) is 5.82 Å². The van der Waals surface area contributed by atoms with E-state index in [9.17, 15) is 4.39 Å². The number of fused-ring (bicyclic) bond motifs is 1. The third-order valence-electron chi connectivity index (χ3n) is 4.53. The Bertz CT molecular complexity index is 821. The van der Waals surface area contributed by atoms with E-state index in [2.05, 4.69) is 35.2 Å². The normalized spacial score (nSPS) is 15.1. The molecule has 0 radical (unpaired) electrons. The van der Waals surface area contributed by atoms with Crippen LogP contribution >= 0.6 is 0 Å². The van der Waals surface area contributed by atoms with Crippen LogP contribution in [0.15, 0.2) is 54.6 Å². The van der Waals surface area contributed by atoms with Gasteiger partial charge in [-0.15, -0.1) is 0 Å². The van der Waals surface area contributed by atoms with Crippen LogP contribution in [-0.2, 0) is 0 Å². The van der Waals surface area contributed by atoms with E-state index in [1.807, 2.05) is 12.1 Å². The SMILES string of the molecule is Fc1ccc(-c2ccc3nc(N4CCCCC4)ccc3c2)cc1. The highest BCUT2D eigenvalue weighted by Crippen LogP contribution is 2.26. The van der Waals surface area contributed by atoms with Crippen LogP contribution in [0.3, 0.4) is 0 Å². The Kier molecular flexibility index (Phi) is 3.70. The van der Waals surface area contributed by atoms with Crippen molar-refractivity contribution in [2.45, 2.75) is 19.3 Å². The van der Waals surface area contributed by atoms with Gasteiger partial charge in [0.1, 0.15) is 11.6 Å². The number of benzene rings is 2. The maximum Gasteiger partial charge on any atom is 0.129 e. The molecule has 0 unspecified atom stereocenters. The van der Waals surface area contributed by atoms with Crippen LogP contribution in [0.1, 0.15) is 19.3 Å². The zero-order valence-electron chi connectivity index (χ0n) is 13.0. The highest BCUT2D eigenvalue weighted by atomic mass is 19.1. The maximum atomic E-state index is 13.1. The standard InChI is InChI=1S/C20H19FN2/c21-18-8-4-15(5-9-18)16-6-10-19-17(14-16)7-11-20(22-19)23-12-2-1-3-13-23/h4-11,14H,1-3,12-13H2. The van der Waals surface area contributed by atoms with Crippen molar-refractivity contribution in [3.05, 3.63) is 60.4 Å². The number of pyridine rings is 1. The van der Waals surface area contributed by atoms with E-state index in [0.717, 1.165) is 40.9 Å². The van der Waals surface area contributed by atoms with Crippen molar-refractivity contribution in [1.29, 1.82) is 0 Å². The van der Waals surface area contributed by atoms with Crippen molar-refractivity contribution in [1.82, 2.24) is 4.98 Å². The van der Waals surface area contributed by atoms with Gasteiger partial charge in [-0.2, -0.15) is 0 Å². The molecule has 3 aromatic rings. The molecule has 0 N–H and O–H groups in total. The Morgan fingerprint density at radius 3 is 2.30 bits per heavy atom. The fourth-order valence-electron chi connectivity index (χ4n) is 3.24. The number of halogens is 1. The lowest BCUT2D eigenvalue weighted by molar-refractivity contribution is 0.574. The van der Waals surface area contributed by atoms with Crippen LogP contribution in [0.5, 0.6) is 0 Å². The van der Waals surface area contributed by atoms with E-state index in [4.69, 9.17) is 4.98 Å². The molecular formula is C20H19FN2. The second-order valence-electron chi connectivity index (χ2n) is 6.13. The van der Waals surface area contributed by atoms with E-state index in [1.165, 1.54) is 31.4 Å². The van der Waals surface area contributed by atoms with E-state index in [1.54, 1.807) is 0 Å². The Labute approximate surface area is 135 Å². The summed E-state index contributed by atoms with van der Waals surface area (Å²) in [7, 11) is 0. The van der Waals surface area contributed by atoms with Crippen molar-refractivity contribution in [3.8, 4) is 11.1 Å². The summed E-state index contributed by atoms with van der Waals surface area (Å²) in [5.74, 6) is 0.870. The van der Waals surface area contributed by atoms with Gasteiger partial charge in [0.05, 0.1) is 5.52 Å². The average molecular weight is 306 g/mol. The lowest BCUT2D eigenvalue weighted by Crippen LogP contribution is -2.30. The van der Waals surface area contributed by atoms with Gasteiger partial charge in [0.25, 0.3) is 0 Å². The summed E-state index contributed by atoms with van der Waals surface area (Å²) in [6.07, 6.45) is 3.83. The molecule has 3 heteroatoms. The topological polar surface area (TPSA) is 16.1 Å². The molecule has 2 heterocycles. The van der Waals surface area contributed by atoms with Gasteiger partial charge in [-0.3, -0.25) is 0 Å². The summed E-state index contributed by atoms with van der Waals surface area (Å²) in [6, 6.07) is 17.1. The minimum Gasteiger partial charge on any atom is -0.357 e. The number of anilines is 1. The smallest absolute Gasteiger partial charge is 0.129 e. The van der Waals surface area contributed by atoms with Crippen LogP contribution in [-0.4, -0.2) is 18.1 Å². The second kappa shape index (κ2) is 5.99. The molecule has 1 aliphatic rings. The monoisotopic (exact) mass is 306 g/mol. The third kappa shape index (κ3) is 2.91. The molecule has 0 amide bonds. The summed E-state index contributed by atoms with van der Waals surface area (Å²) < 4.78 is 13.1. The van der Waals surface area contributed by atoms with Gasteiger partial charge in [0.2, 0.25) is 0 Å². The van der Waals surface area contributed by atoms with E-state index >= 15 is 0 Å². The van der Waals surface area contributed by atoms with Crippen molar-refractivity contribution in [2.24, 2.45) is 0 Å². The largest absolute Gasteiger partial charge is 0.357 e. The Hall–Kier alpha value is -2.42. The fraction of sp³-hybridized carbons (Fsp3) is 0.250. The first kappa shape index (κ1) is 14.2. The lowest BCUT2D eigenvalue weighted by atomic mass is 10.0. The van der Waals surface area contributed by atoms with Crippen molar-refractivity contribution in [3.63, 3.8) is 0 Å². The number of aromatic nitrogens is 1. The van der Waals surface area contributed by atoms with Gasteiger partial charge in [-0.1, -0.05) is 18.2 Å². The van der Waals surface area contributed by atoms with Crippen LogP contribution in [0.2, 0.25) is 0 Å². The molecule has 1 fully saturated rings. The molecule has 0 atom stereocenters. The predicted molar refractivity (Wildman–Crippen MR) is 93.2 cm³/mol. The summed E-state index contributed by atoms with van der Waals surface area (Å²) >= 11 is 0. The minimum absolute atomic E-state index is 0.206. The van der Waals surface area contributed by atoms with Crippen molar-refractivity contribution >= 4 is 16.7 Å². The summed E-state index contributed by atoms with van der Waals surface area (Å²) in [4.78, 5) is 7.19. The number of piperidine rings is 1. The van der Waals surface area contributed by atoms with E-state index in [0.29, 0.717) is 0 Å². The predicted octanol–water partition coefficient (Wildman–Crippen LogP) is 5.03. The van der Waals surface area contributed by atoms with Gasteiger partial charge in [0.15, 0.2) is 0 Å². The van der Waals surface area contributed by atoms with Gasteiger partial charge in [-0.25, -0.2) is 9.37 Å². The Morgan fingerprint density at radius 2 is 1.52 bits per heavy atom. The summed E-state index contributed by atoms with van der Waals surface area (Å²) in [6.45, 7) is 2.21. The van der Waals surface area contributed by atoms with Gasteiger partial charge in [-0.05, 0) is 66.8 Å². The Balaban J connectivity index is 1.68. The highest BCUT2D eigenvalue weighted by molar-refractivity contribution is 5.85. The Morgan fingerprint density at radius 1 is 0.783 bits per heavy atom. The maximum absolute atomic E-state index is 13.1. The third-order valence-corrected chi connectivity index (χ3v) is 4.53. The zero-order valence-corrected chi connectivity index (χ0v) is 13.0. The van der Waals surface area contributed by atoms with Gasteiger partial charge < -0.3 is 4.90 Å². The highest BCUT2D eigenvalue weighted by Gasteiger charge is 2.12. The van der Waals surface area contributed by atoms with Crippen LogP contribution in [0.4, 0.5) is 10.2 Å². The van der Waals surface area contributed by atoms with Gasteiger partial charge in [0, 0.05) is 18.5 Å². The fourth-order valence-corrected chi connectivity index (χ4v) is 3.24. The minimum atomic E-state index is -0.206. The second-order valence-corrected chi connectivity index (χ2v) is 6.13. The molecule has 2 aromatic carbocycles. The average Bonchev–Trinajstić information content (AvgIpc) is 2.62. The molecule has 0 saturated carbocycles. The lowest BCUT2D eigenvalue weighted by Gasteiger charge is -2.27. The molecule has 0 spiro atoms. The molecule has 116 valence electrons. The molecular weight excluding hydrogens is 287 g/mol. The molecule has 1 saturated heterocycles. The van der Waals surface area contributed by atoms with E-state index < -0.39 is 0 Å². The number of hydrogen-bond donors (Lipinski definition) is 0. The summed E-state index contributed by atoms with van der Waals surface area (Å²) in [5.41, 5.74) is 3.12. The zero-order chi connectivity index (χ0) is 15.6. The summed E-state index contributed by atoms with van der Waals surface area (Å²) in [5, 5.41) is 1.12. The molecule has 0 aliphatic carbocycles. The molecule has 0 bridgehead atoms. The molecule has 23 heavy (non-hydrogen) atoms. The van der Waals surface area contributed by atoms with Crippen LogP contribution in [0.25, 0.3) is 22.0 Å². The first-order chi connectivity index (χ1) is 11.3. The number of hydrogen-bond acceptors (Lipinski definition) is 2.